The maximum absolute atomic E-state index is 2.50. The number of hydrogen-bond acceptors (Lipinski definition) is 0. The number of hydrogen-bond donors (Lipinski definition) is 0. The van der Waals surface area contributed by atoms with Crippen LogP contribution in [0.25, 0.3) is 0 Å². The Balaban J connectivity index is 0.000000426. The van der Waals surface area contributed by atoms with E-state index in [4.69, 9.17) is 0 Å². The van der Waals surface area contributed by atoms with Crippen molar-refractivity contribution in [1.82, 2.24) is 0 Å². The molecule has 0 aliphatic heterocycles. The summed E-state index contributed by atoms with van der Waals surface area (Å²) in [6.45, 7) is 69.6. The number of rotatable bonds is 9. The molecule has 71 heavy (non-hydrogen) atoms. The molecule has 6 saturated carbocycles. The highest BCUT2D eigenvalue weighted by molar-refractivity contribution is 4.95. The van der Waals surface area contributed by atoms with E-state index < -0.39 is 0 Å². The highest BCUT2D eigenvalue weighted by atomic mass is 14.5. The molecule has 0 bridgehead atoms. The maximum Gasteiger partial charge on any atom is -0.0272 e. The SMILES string of the molecule is CC(C)C1CCC(C)(C(C)C)C1.CC(C)C1CCCC1(C)C(C)C.CCC1(C)CCC(C(C)(C)C)C1.CCC1(C)CCC(C(C)(C)C)C1.CCC1(C)CCCC1C(C)(C)C.CCC1(C)CCCC1C(C)C. The van der Waals surface area contributed by atoms with E-state index in [9.17, 15) is 0 Å². The van der Waals surface area contributed by atoms with Crippen LogP contribution in [0.4, 0.5) is 0 Å². The third-order valence-corrected chi connectivity index (χ3v) is 23.9. The predicted molar refractivity (Wildman–Crippen MR) is 326 cm³/mol. The van der Waals surface area contributed by atoms with Crippen LogP contribution in [0.15, 0.2) is 0 Å². The van der Waals surface area contributed by atoms with Gasteiger partial charge < -0.3 is 0 Å². The second-order valence-corrected chi connectivity index (χ2v) is 33.5. The molecule has 0 spiro atoms. The van der Waals surface area contributed by atoms with Gasteiger partial charge in [0.15, 0.2) is 0 Å². The van der Waals surface area contributed by atoms with E-state index in [1.165, 1.54) is 141 Å². The first kappa shape index (κ1) is 69.0. The fraction of sp³-hybridized carbons (Fsp3) is 1.00. The topological polar surface area (TPSA) is 0 Å². The largest absolute Gasteiger partial charge is 0.0649 e. The Hall–Kier alpha value is 0. The van der Waals surface area contributed by atoms with Gasteiger partial charge in [-0.2, -0.15) is 0 Å². The highest BCUT2D eigenvalue weighted by Gasteiger charge is 2.45. The van der Waals surface area contributed by atoms with Gasteiger partial charge in [-0.05, 0) is 210 Å². The van der Waals surface area contributed by atoms with Crippen molar-refractivity contribution in [2.45, 2.75) is 342 Å². The smallest absolute Gasteiger partial charge is 0.0272 e. The van der Waals surface area contributed by atoms with Crippen molar-refractivity contribution >= 4 is 0 Å². The van der Waals surface area contributed by atoms with E-state index in [1.54, 1.807) is 0 Å². The lowest BCUT2D eigenvalue weighted by atomic mass is 9.66. The van der Waals surface area contributed by atoms with E-state index in [0.29, 0.717) is 48.7 Å². The van der Waals surface area contributed by atoms with E-state index in [2.05, 4.69) is 201 Å². The molecule has 0 N–H and O–H groups in total. The van der Waals surface area contributed by atoms with E-state index in [-0.39, 0.29) is 0 Å². The van der Waals surface area contributed by atoms with Gasteiger partial charge in [-0.3, -0.25) is 0 Å². The van der Waals surface area contributed by atoms with Gasteiger partial charge in [-0.25, -0.2) is 0 Å². The van der Waals surface area contributed by atoms with Gasteiger partial charge in [-0.1, -0.05) is 246 Å². The van der Waals surface area contributed by atoms with Gasteiger partial charge >= 0.3 is 0 Å². The molecule has 0 amide bonds. The Morgan fingerprint density at radius 3 is 1.04 bits per heavy atom. The molecule has 0 radical (unpaired) electrons. The van der Waals surface area contributed by atoms with Crippen LogP contribution < -0.4 is 0 Å². The van der Waals surface area contributed by atoms with Gasteiger partial charge in [0, 0.05) is 0 Å². The Kier molecular flexibility index (Phi) is 27.3. The molecule has 426 valence electrons. The molecule has 6 rings (SSSR count). The first-order chi connectivity index (χ1) is 32.2. The zero-order valence-corrected chi connectivity index (χ0v) is 55.4. The van der Waals surface area contributed by atoms with Crippen LogP contribution >= 0.6 is 0 Å². The lowest BCUT2D eigenvalue weighted by Crippen LogP contribution is -2.31. The summed E-state index contributed by atoms with van der Waals surface area (Å²) in [6, 6.07) is 0. The second-order valence-electron chi connectivity index (χ2n) is 33.5. The van der Waals surface area contributed by atoms with Crippen LogP contribution in [0.5, 0.6) is 0 Å². The summed E-state index contributed by atoms with van der Waals surface area (Å²) in [6.07, 6.45) is 31.7. The molecule has 0 aromatic carbocycles. The molecule has 0 aromatic heterocycles. The molecule has 6 aliphatic carbocycles. The summed E-state index contributed by atoms with van der Waals surface area (Å²) in [5.74, 6) is 10.2. The van der Waals surface area contributed by atoms with Crippen LogP contribution in [0.1, 0.15) is 342 Å². The summed E-state index contributed by atoms with van der Waals surface area (Å²) in [7, 11) is 0. The fourth-order valence-electron chi connectivity index (χ4n) is 16.2. The van der Waals surface area contributed by atoms with Crippen LogP contribution in [0.3, 0.4) is 0 Å². The third kappa shape index (κ3) is 20.4. The molecule has 6 fully saturated rings. The average molecular weight is 996 g/mol. The quantitative estimate of drug-likeness (QED) is 0.216. The van der Waals surface area contributed by atoms with Gasteiger partial charge in [0.1, 0.15) is 0 Å². The molecule has 0 nitrogen and oxygen atoms in total. The van der Waals surface area contributed by atoms with Crippen molar-refractivity contribution in [2.75, 3.05) is 0 Å². The van der Waals surface area contributed by atoms with Crippen molar-refractivity contribution in [2.24, 2.45) is 114 Å². The van der Waals surface area contributed by atoms with Gasteiger partial charge in [0.05, 0.1) is 0 Å². The minimum absolute atomic E-state index is 0.515. The van der Waals surface area contributed by atoms with Crippen molar-refractivity contribution in [3.8, 4) is 0 Å². The summed E-state index contributed by atoms with van der Waals surface area (Å²) in [5.41, 5.74) is 5.51. The van der Waals surface area contributed by atoms with Crippen LogP contribution in [0, 0.1) is 114 Å². The van der Waals surface area contributed by atoms with Crippen LogP contribution in [-0.2, 0) is 0 Å². The molecule has 0 aromatic rings. The minimum Gasteiger partial charge on any atom is -0.0649 e. The lowest BCUT2D eigenvalue weighted by molar-refractivity contribution is 0.0997. The van der Waals surface area contributed by atoms with Crippen LogP contribution in [0.2, 0.25) is 0 Å². The summed E-state index contributed by atoms with van der Waals surface area (Å²) in [5, 5.41) is 0. The van der Waals surface area contributed by atoms with Crippen molar-refractivity contribution < 1.29 is 0 Å². The van der Waals surface area contributed by atoms with Gasteiger partial charge in [0.25, 0.3) is 0 Å². The third-order valence-electron chi connectivity index (χ3n) is 23.9. The van der Waals surface area contributed by atoms with Gasteiger partial charge in [-0.15, -0.1) is 0 Å². The molecule has 0 saturated heterocycles. The van der Waals surface area contributed by atoms with Crippen molar-refractivity contribution in [1.29, 1.82) is 0 Å². The molecular weight excluding hydrogens is 853 g/mol. The highest BCUT2D eigenvalue weighted by Crippen LogP contribution is 2.55. The monoisotopic (exact) mass is 995 g/mol. The Morgan fingerprint density at radius 1 is 0.380 bits per heavy atom. The molecule has 0 heteroatoms. The molecular formula is C71H142. The second kappa shape index (κ2) is 28.1. The van der Waals surface area contributed by atoms with E-state index >= 15 is 0 Å². The summed E-state index contributed by atoms with van der Waals surface area (Å²) >= 11 is 0. The molecule has 6 aliphatic rings. The van der Waals surface area contributed by atoms with Crippen LogP contribution in [-0.4, -0.2) is 0 Å². The fourth-order valence-corrected chi connectivity index (χ4v) is 16.2. The predicted octanol–water partition coefficient (Wildman–Crippen LogP) is 24.8. The first-order valence-corrected chi connectivity index (χ1v) is 32.2. The summed E-state index contributed by atoms with van der Waals surface area (Å²) in [4.78, 5) is 0. The van der Waals surface area contributed by atoms with E-state index in [1.807, 2.05) is 0 Å². The lowest BCUT2D eigenvalue weighted by Gasteiger charge is -2.39. The molecule has 0 heterocycles. The minimum atomic E-state index is 0.515. The summed E-state index contributed by atoms with van der Waals surface area (Å²) < 4.78 is 0. The average Bonchev–Trinajstić information content (AvgIpc) is 4.13. The molecule has 12 unspecified atom stereocenters. The van der Waals surface area contributed by atoms with Crippen molar-refractivity contribution in [3.05, 3.63) is 0 Å². The Morgan fingerprint density at radius 2 is 0.789 bits per heavy atom. The van der Waals surface area contributed by atoms with E-state index in [0.717, 1.165) is 65.1 Å². The Labute approximate surface area is 453 Å². The normalized spacial score (nSPS) is 37.3. The van der Waals surface area contributed by atoms with Gasteiger partial charge in [0.2, 0.25) is 0 Å². The standard InChI is InChI=1S/5C12H24.C11H22/c1-9(2)11-6-7-12(5,8-11)10(3)4;1-9(2)11-7-6-8-12(11,5)10(3)4;2*1-6-12(5)8-7-10(9-12)11(2,3)4;1-6-12(5)9-7-8-10(12)11(2,3)4;1-5-11(4)8-6-7-10(11)9(2)3/h2*9-11H,6-8H2,1-5H3;3*10H,6-9H2,1-5H3;9-10H,5-8H2,1-4H3. The maximum atomic E-state index is 2.50. The first-order valence-electron chi connectivity index (χ1n) is 32.2. The zero-order valence-electron chi connectivity index (χ0n) is 55.4. The van der Waals surface area contributed by atoms with Crippen molar-refractivity contribution in [3.63, 3.8) is 0 Å². The Bertz CT molecular complexity index is 1400. The zero-order chi connectivity index (χ0) is 55.4. The molecule has 12 atom stereocenters.